The van der Waals surface area contributed by atoms with Crippen LogP contribution in [0, 0.1) is 0 Å². The molecule has 1 saturated heterocycles. The lowest BCUT2D eigenvalue weighted by molar-refractivity contribution is 0.101. The van der Waals surface area contributed by atoms with Crippen LogP contribution in [0.5, 0.6) is 5.75 Å². The van der Waals surface area contributed by atoms with Crippen molar-refractivity contribution >= 4 is 15.2 Å². The Hall–Kier alpha value is -0.680. The van der Waals surface area contributed by atoms with Crippen molar-refractivity contribution in [2.75, 3.05) is 26.9 Å². The van der Waals surface area contributed by atoms with E-state index in [0.29, 0.717) is 5.75 Å². The molecule has 1 aliphatic rings. The maximum atomic E-state index is 13.5. The lowest BCUT2D eigenvalue weighted by Gasteiger charge is -2.31. The van der Waals surface area contributed by atoms with Crippen molar-refractivity contribution in [1.82, 2.24) is 0 Å². The van der Waals surface area contributed by atoms with Crippen molar-refractivity contribution < 1.29 is 32.0 Å². The van der Waals surface area contributed by atoms with E-state index >= 15 is 0 Å². The van der Waals surface area contributed by atoms with Crippen molar-refractivity contribution in [2.45, 2.75) is 45.1 Å². The third-order valence-corrected chi connectivity index (χ3v) is 9.56. The third kappa shape index (κ3) is 4.09. The van der Waals surface area contributed by atoms with Crippen LogP contribution in [0.2, 0.25) is 0 Å². The van der Waals surface area contributed by atoms with E-state index in [0.717, 1.165) is 5.56 Å². The van der Waals surface area contributed by atoms with E-state index in [-0.39, 0.29) is 26.2 Å². The molecule has 0 bridgehead atoms. The van der Waals surface area contributed by atoms with Gasteiger partial charge in [0.25, 0.3) is 0 Å². The first kappa shape index (κ1) is 21.6. The van der Waals surface area contributed by atoms with Gasteiger partial charge in [-0.2, -0.15) is 0 Å². The summed E-state index contributed by atoms with van der Waals surface area (Å²) in [5.41, 5.74) is 0.207. The second-order valence-electron chi connectivity index (χ2n) is 6.05. The minimum Gasteiger partial charge on any atom is -0.497 e. The number of hydrogen-bond acceptors (Lipinski definition) is 7. The largest absolute Gasteiger partial charge is 0.497 e. The van der Waals surface area contributed by atoms with Gasteiger partial charge >= 0.3 is 15.2 Å². The quantitative estimate of drug-likeness (QED) is 0.510. The fourth-order valence-electron chi connectivity index (χ4n) is 3.08. The SMILES string of the molecule is CCOP1(=O)OC(C)(P(=O)(OCC)OCC)CC1c1ccc(OC)cc1. The number of ether oxygens (including phenoxy) is 1. The average Bonchev–Trinajstić information content (AvgIpc) is 2.88. The molecule has 26 heavy (non-hydrogen) atoms. The fourth-order valence-corrected chi connectivity index (χ4v) is 8.12. The molecule has 1 aromatic carbocycles. The highest BCUT2D eigenvalue weighted by molar-refractivity contribution is 7.59. The molecule has 0 radical (unpaired) electrons. The zero-order valence-corrected chi connectivity index (χ0v) is 17.8. The number of rotatable bonds is 9. The Balaban J connectivity index is 2.44. The van der Waals surface area contributed by atoms with E-state index in [1.807, 2.05) is 12.1 Å². The molecule has 0 aromatic heterocycles. The molecule has 1 aromatic rings. The molecule has 3 atom stereocenters. The maximum absolute atomic E-state index is 13.5. The summed E-state index contributed by atoms with van der Waals surface area (Å²) in [5.74, 6) is 0.691. The van der Waals surface area contributed by atoms with Gasteiger partial charge in [0.15, 0.2) is 5.34 Å². The molecule has 1 fully saturated rings. The van der Waals surface area contributed by atoms with Gasteiger partial charge in [0.2, 0.25) is 0 Å². The second kappa shape index (κ2) is 8.55. The smallest absolute Gasteiger partial charge is 0.362 e. The molecule has 0 spiro atoms. The van der Waals surface area contributed by atoms with Crippen molar-refractivity contribution in [1.29, 1.82) is 0 Å². The van der Waals surface area contributed by atoms with Crippen molar-refractivity contribution in [3.8, 4) is 5.75 Å². The number of hydrogen-bond donors (Lipinski definition) is 0. The Kier molecular flexibility index (Phi) is 7.11. The molecule has 1 heterocycles. The zero-order chi connectivity index (χ0) is 19.4. The zero-order valence-electron chi connectivity index (χ0n) is 16.0. The Morgan fingerprint density at radius 2 is 1.73 bits per heavy atom. The topological polar surface area (TPSA) is 80.3 Å². The first-order valence-corrected chi connectivity index (χ1v) is 11.9. The van der Waals surface area contributed by atoms with Crippen LogP contribution in [0.4, 0.5) is 0 Å². The van der Waals surface area contributed by atoms with Crippen molar-refractivity contribution in [3.05, 3.63) is 29.8 Å². The Labute approximate surface area is 155 Å². The average molecular weight is 406 g/mol. The molecular weight excluding hydrogens is 378 g/mol. The summed E-state index contributed by atoms with van der Waals surface area (Å²) in [5, 5.41) is -1.35. The van der Waals surface area contributed by atoms with Crippen LogP contribution in [0.1, 0.15) is 45.3 Å². The lowest BCUT2D eigenvalue weighted by Crippen LogP contribution is -2.26. The van der Waals surface area contributed by atoms with Gasteiger partial charge in [-0.1, -0.05) is 12.1 Å². The molecule has 1 aliphatic heterocycles. The molecule has 7 nitrogen and oxygen atoms in total. The van der Waals surface area contributed by atoms with Gasteiger partial charge < -0.3 is 18.3 Å². The van der Waals surface area contributed by atoms with Crippen molar-refractivity contribution in [2.24, 2.45) is 0 Å². The van der Waals surface area contributed by atoms with Crippen LogP contribution in [0.15, 0.2) is 24.3 Å². The Morgan fingerprint density at radius 3 is 2.19 bits per heavy atom. The first-order chi connectivity index (χ1) is 12.3. The van der Waals surface area contributed by atoms with Gasteiger partial charge in [0.1, 0.15) is 5.75 Å². The summed E-state index contributed by atoms with van der Waals surface area (Å²) in [4.78, 5) is 0. The van der Waals surface area contributed by atoms with E-state index in [2.05, 4.69) is 0 Å². The van der Waals surface area contributed by atoms with Gasteiger partial charge in [-0.15, -0.1) is 0 Å². The van der Waals surface area contributed by atoms with E-state index in [1.54, 1.807) is 46.9 Å². The molecule has 0 amide bonds. The highest BCUT2D eigenvalue weighted by Gasteiger charge is 2.62. The normalized spacial score (nSPS) is 29.0. The summed E-state index contributed by atoms with van der Waals surface area (Å²) in [6, 6.07) is 7.20. The van der Waals surface area contributed by atoms with Crippen LogP contribution < -0.4 is 4.74 Å². The van der Waals surface area contributed by atoms with E-state index in [9.17, 15) is 9.13 Å². The number of methoxy groups -OCH3 is 1. The fraction of sp³-hybridized carbons (Fsp3) is 0.647. The predicted molar refractivity (Wildman–Crippen MR) is 99.9 cm³/mol. The van der Waals surface area contributed by atoms with Crippen LogP contribution in [0.25, 0.3) is 0 Å². The Bertz CT molecular complexity index is 681. The molecule has 3 unspecified atom stereocenters. The van der Waals surface area contributed by atoms with Gasteiger partial charge in [-0.3, -0.25) is 13.7 Å². The molecule has 9 heteroatoms. The summed E-state index contributed by atoms with van der Waals surface area (Å²) in [7, 11) is -5.64. The predicted octanol–water partition coefficient (Wildman–Crippen LogP) is 5.37. The van der Waals surface area contributed by atoms with Crippen molar-refractivity contribution in [3.63, 3.8) is 0 Å². The summed E-state index contributed by atoms with van der Waals surface area (Å²) in [6.07, 6.45) is 0.202. The molecule has 2 rings (SSSR count). The summed E-state index contributed by atoms with van der Waals surface area (Å²) < 4.78 is 54.3. The van der Waals surface area contributed by atoms with E-state index in [1.165, 1.54) is 0 Å². The summed E-state index contributed by atoms with van der Waals surface area (Å²) in [6.45, 7) is 7.43. The molecule has 148 valence electrons. The number of benzene rings is 1. The van der Waals surface area contributed by atoms with Crippen LogP contribution in [-0.2, 0) is 27.2 Å². The van der Waals surface area contributed by atoms with Gasteiger partial charge in [0, 0.05) is 6.42 Å². The molecule has 0 saturated carbocycles. The minimum atomic E-state index is -3.65. The first-order valence-electron chi connectivity index (χ1n) is 8.75. The van der Waals surface area contributed by atoms with E-state index in [4.69, 9.17) is 22.8 Å². The van der Waals surface area contributed by atoms with Crippen LogP contribution in [0.3, 0.4) is 0 Å². The minimum absolute atomic E-state index is 0.197. The van der Waals surface area contributed by atoms with Gasteiger partial charge in [-0.25, -0.2) is 0 Å². The third-order valence-electron chi connectivity index (χ3n) is 4.26. The molecular formula is C17H28O7P2. The van der Waals surface area contributed by atoms with Crippen LogP contribution >= 0.6 is 15.2 Å². The molecule has 0 aliphatic carbocycles. The van der Waals surface area contributed by atoms with Gasteiger partial charge in [-0.05, 0) is 45.4 Å². The van der Waals surface area contributed by atoms with E-state index < -0.39 is 26.2 Å². The maximum Gasteiger partial charge on any atom is 0.362 e. The second-order valence-corrected chi connectivity index (χ2v) is 10.7. The van der Waals surface area contributed by atoms with Crippen LogP contribution in [-0.4, -0.2) is 32.3 Å². The highest BCUT2D eigenvalue weighted by atomic mass is 31.2. The standard InChI is InChI=1S/C17H28O7P2/c1-6-21-25(18)16(14-9-11-15(20-5)12-10-14)13-17(4,24-25)26(19,22-7-2)23-8-3/h9-12,16H,6-8,13H2,1-5H3. The van der Waals surface area contributed by atoms with Gasteiger partial charge in [0.05, 0.1) is 32.6 Å². The highest BCUT2D eigenvalue weighted by Crippen LogP contribution is 2.79. The monoisotopic (exact) mass is 406 g/mol. The summed E-state index contributed by atoms with van der Waals surface area (Å²) >= 11 is 0. The Morgan fingerprint density at radius 1 is 1.15 bits per heavy atom. The lowest BCUT2D eigenvalue weighted by atomic mass is 10.1. The molecule has 0 N–H and O–H groups in total.